The fourth-order valence-corrected chi connectivity index (χ4v) is 6.18. The number of nitrogens with zero attached hydrogens (tertiary/aromatic N) is 1. The van der Waals surface area contributed by atoms with E-state index in [4.69, 9.17) is 0 Å². The van der Waals surface area contributed by atoms with Crippen molar-refractivity contribution in [2.45, 2.75) is 36.5 Å². The Morgan fingerprint density at radius 3 is 2.70 bits per heavy atom. The summed E-state index contributed by atoms with van der Waals surface area (Å²) in [5, 5.41) is 3.58. The van der Waals surface area contributed by atoms with E-state index in [-0.39, 0.29) is 0 Å². The van der Waals surface area contributed by atoms with Gasteiger partial charge in [0, 0.05) is 33.3 Å². The van der Waals surface area contributed by atoms with Gasteiger partial charge in [0.1, 0.15) is 0 Å². The minimum atomic E-state index is 0.776. The van der Waals surface area contributed by atoms with E-state index >= 15 is 0 Å². The number of anilines is 2. The van der Waals surface area contributed by atoms with Crippen LogP contribution in [0.1, 0.15) is 30.0 Å². The molecule has 0 amide bonds. The van der Waals surface area contributed by atoms with Crippen molar-refractivity contribution >= 4 is 36.6 Å². The lowest BCUT2D eigenvalue weighted by Crippen LogP contribution is -2.26. The van der Waals surface area contributed by atoms with Crippen molar-refractivity contribution in [2.24, 2.45) is 0 Å². The quantitative estimate of drug-likeness (QED) is 0.271. The summed E-state index contributed by atoms with van der Waals surface area (Å²) < 4.78 is 0. The number of para-hydroxylation sites is 2. The SMILES string of the molecule is C=CCCc1cc(C)cc2c1\C=C/C=C\C(NC/C=C\C)=C\BN1c3ccccc3Sc3cccc-2c31. The van der Waals surface area contributed by atoms with Crippen LogP contribution in [0.2, 0.25) is 0 Å². The van der Waals surface area contributed by atoms with Crippen LogP contribution in [0.25, 0.3) is 17.2 Å². The molecule has 2 heterocycles. The summed E-state index contributed by atoms with van der Waals surface area (Å²) in [5.41, 5.74) is 10.2. The summed E-state index contributed by atoms with van der Waals surface area (Å²) >= 11 is 1.87. The lowest BCUT2D eigenvalue weighted by molar-refractivity contribution is 0.936. The molecule has 2 aliphatic rings. The number of aryl methyl sites for hydroxylation is 2. The van der Waals surface area contributed by atoms with Crippen molar-refractivity contribution in [3.8, 4) is 11.1 Å². The molecule has 0 unspecified atom stereocenters. The van der Waals surface area contributed by atoms with Crippen molar-refractivity contribution in [1.82, 2.24) is 5.32 Å². The molecule has 0 saturated carbocycles. The van der Waals surface area contributed by atoms with Gasteiger partial charge < -0.3 is 10.1 Å². The average Bonchev–Trinajstić information content (AvgIpc) is 2.91. The van der Waals surface area contributed by atoms with Crippen LogP contribution < -0.4 is 10.1 Å². The third kappa shape index (κ3) is 5.40. The number of benzene rings is 3. The molecule has 0 atom stereocenters. The van der Waals surface area contributed by atoms with Crippen LogP contribution in [-0.2, 0) is 6.42 Å². The average molecular weight is 501 g/mol. The highest BCUT2D eigenvalue weighted by atomic mass is 32.2. The lowest BCUT2D eigenvalue weighted by Gasteiger charge is -2.34. The van der Waals surface area contributed by atoms with E-state index in [0.29, 0.717) is 0 Å². The Labute approximate surface area is 226 Å². The van der Waals surface area contributed by atoms with Crippen molar-refractivity contribution in [3.05, 3.63) is 126 Å². The number of fused-ring (bicyclic) bond motifs is 4. The van der Waals surface area contributed by atoms with Gasteiger partial charge in [-0.1, -0.05) is 96.2 Å². The molecule has 37 heavy (non-hydrogen) atoms. The molecule has 0 fully saturated rings. The monoisotopic (exact) mass is 500 g/mol. The lowest BCUT2D eigenvalue weighted by atomic mass is 9.84. The van der Waals surface area contributed by atoms with Crippen LogP contribution in [-0.4, -0.2) is 14.0 Å². The zero-order chi connectivity index (χ0) is 25.6. The van der Waals surface area contributed by atoms with E-state index < -0.39 is 0 Å². The van der Waals surface area contributed by atoms with Crippen LogP contribution in [0.3, 0.4) is 0 Å². The van der Waals surface area contributed by atoms with Gasteiger partial charge >= 0.3 is 0 Å². The molecular formula is C33H33BN2S. The van der Waals surface area contributed by atoms with Gasteiger partial charge in [0.15, 0.2) is 0 Å². The Morgan fingerprint density at radius 1 is 1.00 bits per heavy atom. The van der Waals surface area contributed by atoms with Crippen LogP contribution in [0.15, 0.2) is 119 Å². The number of allylic oxidation sites excluding steroid dienone is 5. The molecule has 2 nitrogen and oxygen atoms in total. The van der Waals surface area contributed by atoms with Crippen LogP contribution in [0, 0.1) is 6.92 Å². The second kappa shape index (κ2) is 11.6. The van der Waals surface area contributed by atoms with Gasteiger partial charge in [0.25, 0.3) is 7.41 Å². The van der Waals surface area contributed by atoms with Gasteiger partial charge in [-0.3, -0.25) is 0 Å². The van der Waals surface area contributed by atoms with E-state index in [9.17, 15) is 0 Å². The molecule has 1 N–H and O–H groups in total. The topological polar surface area (TPSA) is 15.3 Å². The number of nitrogens with one attached hydrogen (secondary N) is 1. The minimum absolute atomic E-state index is 0.776. The first-order chi connectivity index (χ1) is 18.2. The molecule has 4 heteroatoms. The van der Waals surface area contributed by atoms with Crippen molar-refractivity contribution in [1.29, 1.82) is 0 Å². The van der Waals surface area contributed by atoms with Gasteiger partial charge in [0.2, 0.25) is 0 Å². The smallest absolute Gasteiger partial charge is 0.270 e. The molecule has 3 aromatic rings. The van der Waals surface area contributed by atoms with Crippen LogP contribution >= 0.6 is 11.8 Å². The summed E-state index contributed by atoms with van der Waals surface area (Å²) in [4.78, 5) is 5.08. The Balaban J connectivity index is 1.75. The number of hydrogen-bond donors (Lipinski definition) is 1. The molecule has 0 bridgehead atoms. The third-order valence-corrected chi connectivity index (χ3v) is 7.88. The van der Waals surface area contributed by atoms with Gasteiger partial charge in [-0.15, -0.1) is 6.58 Å². The first-order valence-electron chi connectivity index (χ1n) is 13.0. The maximum atomic E-state index is 3.97. The van der Waals surface area contributed by atoms with Crippen LogP contribution in [0.4, 0.5) is 11.4 Å². The van der Waals surface area contributed by atoms with E-state index in [1.54, 1.807) is 0 Å². The van der Waals surface area contributed by atoms with Gasteiger partial charge in [-0.05, 0) is 67.7 Å². The first-order valence-corrected chi connectivity index (χ1v) is 13.8. The maximum Gasteiger partial charge on any atom is 0.270 e. The predicted molar refractivity (Wildman–Crippen MR) is 164 cm³/mol. The summed E-state index contributed by atoms with van der Waals surface area (Å²) in [6.07, 6.45) is 17.0. The number of rotatable bonds is 6. The van der Waals surface area contributed by atoms with Gasteiger partial charge in [-0.25, -0.2) is 0 Å². The van der Waals surface area contributed by atoms with Crippen LogP contribution in [0.5, 0.6) is 0 Å². The largest absolute Gasteiger partial charge is 0.383 e. The Bertz CT molecular complexity index is 1430. The zero-order valence-electron chi connectivity index (χ0n) is 21.7. The molecule has 0 spiro atoms. The standard InChI is InChI=1S/C33H33BN2S/c1-4-6-13-25-21-24(3)22-29-27(25)15-9-8-14-26(35-20-7-5-2)23-34-36-30-17-10-11-18-31(30)37-32-19-12-16-28(29)33(32)36/h4-5,7-12,14-19,21-23,34-35H,1,6,13,20H2,2-3H3/b7-5-,14-8-,15-9-,26-23-. The highest BCUT2D eigenvalue weighted by Crippen LogP contribution is 2.52. The third-order valence-electron chi connectivity index (χ3n) is 6.77. The zero-order valence-corrected chi connectivity index (χ0v) is 22.5. The Morgan fingerprint density at radius 2 is 1.84 bits per heavy atom. The molecule has 5 rings (SSSR count). The Kier molecular flexibility index (Phi) is 7.86. The minimum Gasteiger partial charge on any atom is -0.383 e. The molecular weight excluding hydrogens is 467 g/mol. The highest BCUT2D eigenvalue weighted by Gasteiger charge is 2.27. The molecule has 0 radical (unpaired) electrons. The number of hydrogen-bond acceptors (Lipinski definition) is 3. The molecule has 0 saturated heterocycles. The Hall–Kier alpha value is -3.63. The summed E-state index contributed by atoms with van der Waals surface area (Å²) in [6.45, 7) is 9.04. The van der Waals surface area contributed by atoms with Crippen molar-refractivity contribution < 1.29 is 0 Å². The fraction of sp³-hybridized carbons (Fsp3) is 0.152. The van der Waals surface area contributed by atoms with Crippen molar-refractivity contribution in [2.75, 3.05) is 11.4 Å². The molecule has 3 aromatic carbocycles. The summed E-state index contributed by atoms with van der Waals surface area (Å²) in [7, 11) is 0.776. The second-order valence-corrected chi connectivity index (χ2v) is 10.5. The first kappa shape index (κ1) is 25.0. The fourth-order valence-electron chi connectivity index (χ4n) is 5.05. The van der Waals surface area contributed by atoms with Crippen molar-refractivity contribution in [3.63, 3.8) is 0 Å². The van der Waals surface area contributed by atoms with E-state index in [1.165, 1.54) is 49.0 Å². The van der Waals surface area contributed by atoms with E-state index in [2.05, 4.69) is 128 Å². The second-order valence-electron chi connectivity index (χ2n) is 9.37. The molecule has 0 aliphatic carbocycles. The highest BCUT2D eigenvalue weighted by molar-refractivity contribution is 7.99. The normalized spacial score (nSPS) is 17.1. The predicted octanol–water partition coefficient (Wildman–Crippen LogP) is 8.32. The van der Waals surface area contributed by atoms with E-state index in [1.807, 2.05) is 17.8 Å². The van der Waals surface area contributed by atoms with Gasteiger partial charge in [0.05, 0.1) is 5.69 Å². The molecule has 2 aliphatic heterocycles. The summed E-state index contributed by atoms with van der Waals surface area (Å²) in [6, 6.07) is 20.2. The molecule has 0 aromatic heterocycles. The maximum absolute atomic E-state index is 3.97. The summed E-state index contributed by atoms with van der Waals surface area (Å²) in [5.74, 6) is 2.30. The van der Waals surface area contributed by atoms with Gasteiger partial charge in [-0.2, -0.15) is 0 Å². The van der Waals surface area contributed by atoms with E-state index in [0.717, 1.165) is 32.5 Å². The molecule has 184 valence electrons.